The average molecular weight is 343 g/mol. The molecule has 0 amide bonds. The Bertz CT molecular complexity index is 679. The van der Waals surface area contributed by atoms with Gasteiger partial charge in [-0.05, 0) is 47.1 Å². The highest BCUT2D eigenvalue weighted by atomic mass is 79.9. The van der Waals surface area contributed by atoms with Crippen molar-refractivity contribution in [3.63, 3.8) is 0 Å². The molecule has 1 aromatic carbocycles. The molecule has 0 bridgehead atoms. The first kappa shape index (κ1) is 13.8. The molecule has 98 valence electrons. The van der Waals surface area contributed by atoms with E-state index >= 15 is 0 Å². The molecule has 0 spiro atoms. The number of aromatic nitrogens is 1. The highest BCUT2D eigenvalue weighted by Gasteiger charge is 2.17. The molecule has 0 aliphatic carbocycles. The number of aromatic carboxylic acids is 1. The number of hydrogen-bond acceptors (Lipinski definition) is 2. The maximum Gasteiger partial charge on any atom is 0.352 e. The summed E-state index contributed by atoms with van der Waals surface area (Å²) in [6, 6.07) is 6.38. The van der Waals surface area contributed by atoms with Crippen molar-refractivity contribution in [2.24, 2.45) is 0 Å². The maximum atomic E-state index is 11.4. The van der Waals surface area contributed by atoms with Crippen LogP contribution in [0.25, 0.3) is 5.69 Å². The first-order valence-electron chi connectivity index (χ1n) is 5.32. The second-order valence-electron chi connectivity index (χ2n) is 3.94. The predicted octanol–water partition coefficient (Wildman–Crippen LogP) is 3.79. The Labute approximate surface area is 122 Å². The second kappa shape index (κ2) is 5.19. The van der Waals surface area contributed by atoms with Gasteiger partial charge in [0.15, 0.2) is 5.78 Å². The lowest BCUT2D eigenvalue weighted by atomic mass is 10.2. The van der Waals surface area contributed by atoms with Crippen molar-refractivity contribution in [1.82, 2.24) is 4.57 Å². The van der Waals surface area contributed by atoms with E-state index in [9.17, 15) is 14.7 Å². The summed E-state index contributed by atoms with van der Waals surface area (Å²) in [5.74, 6) is -1.31. The van der Waals surface area contributed by atoms with Crippen LogP contribution in [0.1, 0.15) is 27.8 Å². The number of benzene rings is 1. The number of carbonyl (C=O) groups excluding carboxylic acids is 1. The summed E-state index contributed by atoms with van der Waals surface area (Å²) in [6.45, 7) is 1.39. The summed E-state index contributed by atoms with van der Waals surface area (Å²) in [6.07, 6.45) is 1.49. The van der Waals surface area contributed by atoms with Crippen LogP contribution in [0, 0.1) is 0 Å². The van der Waals surface area contributed by atoms with E-state index in [2.05, 4.69) is 15.9 Å². The molecule has 0 atom stereocenters. The van der Waals surface area contributed by atoms with Crippen LogP contribution in [-0.2, 0) is 0 Å². The van der Waals surface area contributed by atoms with Gasteiger partial charge in [-0.3, -0.25) is 4.79 Å². The van der Waals surface area contributed by atoms with Crippen LogP contribution in [-0.4, -0.2) is 21.4 Å². The fraction of sp³-hybridized carbons (Fsp3) is 0.0769. The van der Waals surface area contributed by atoms with Crippen LogP contribution in [0.4, 0.5) is 0 Å². The molecular weight excluding hydrogens is 334 g/mol. The summed E-state index contributed by atoms with van der Waals surface area (Å²) in [5.41, 5.74) is 0.912. The van der Waals surface area contributed by atoms with Crippen molar-refractivity contribution in [3.05, 3.63) is 51.2 Å². The van der Waals surface area contributed by atoms with Crippen molar-refractivity contribution in [2.75, 3.05) is 0 Å². The number of rotatable bonds is 3. The molecule has 2 rings (SSSR count). The summed E-state index contributed by atoms with van der Waals surface area (Å²) in [5, 5.41) is 9.68. The summed E-state index contributed by atoms with van der Waals surface area (Å²) in [4.78, 5) is 22.6. The van der Waals surface area contributed by atoms with Crippen LogP contribution >= 0.6 is 27.5 Å². The molecule has 0 aliphatic heterocycles. The Balaban J connectivity index is 2.70. The van der Waals surface area contributed by atoms with Gasteiger partial charge >= 0.3 is 5.97 Å². The number of carbonyl (C=O) groups is 2. The van der Waals surface area contributed by atoms with E-state index in [0.717, 1.165) is 0 Å². The molecule has 1 aromatic heterocycles. The Morgan fingerprint density at radius 3 is 2.58 bits per heavy atom. The van der Waals surface area contributed by atoms with Gasteiger partial charge in [0, 0.05) is 21.3 Å². The molecule has 6 heteroatoms. The molecule has 4 nitrogen and oxygen atoms in total. The summed E-state index contributed by atoms with van der Waals surface area (Å²) < 4.78 is 2.11. The number of carboxylic acids is 1. The van der Waals surface area contributed by atoms with Gasteiger partial charge in [0.2, 0.25) is 0 Å². The SMILES string of the molecule is CC(=O)c1cc(C(=O)O)n(-c2cc(Cl)ccc2Br)c1. The molecule has 0 saturated heterocycles. The fourth-order valence-electron chi connectivity index (χ4n) is 1.69. The van der Waals surface area contributed by atoms with Crippen LogP contribution in [0.5, 0.6) is 0 Å². The van der Waals surface area contributed by atoms with E-state index in [1.807, 2.05) is 0 Å². The zero-order chi connectivity index (χ0) is 14.2. The van der Waals surface area contributed by atoms with E-state index in [1.54, 1.807) is 18.2 Å². The normalized spacial score (nSPS) is 10.5. The van der Waals surface area contributed by atoms with Gasteiger partial charge in [0.25, 0.3) is 0 Å². The zero-order valence-corrected chi connectivity index (χ0v) is 12.2. The Kier molecular flexibility index (Phi) is 3.78. The maximum absolute atomic E-state index is 11.4. The number of hydrogen-bond donors (Lipinski definition) is 1. The molecule has 0 aliphatic rings. The van der Waals surface area contributed by atoms with Crippen LogP contribution in [0.2, 0.25) is 5.02 Å². The van der Waals surface area contributed by atoms with E-state index in [1.165, 1.54) is 23.8 Å². The molecular formula is C13H9BrClNO3. The largest absolute Gasteiger partial charge is 0.477 e. The molecule has 0 unspecified atom stereocenters. The van der Waals surface area contributed by atoms with Crippen molar-refractivity contribution >= 4 is 39.3 Å². The smallest absolute Gasteiger partial charge is 0.352 e. The second-order valence-corrected chi connectivity index (χ2v) is 5.23. The predicted molar refractivity (Wildman–Crippen MR) is 75.4 cm³/mol. The zero-order valence-electron chi connectivity index (χ0n) is 9.85. The Morgan fingerprint density at radius 1 is 1.32 bits per heavy atom. The van der Waals surface area contributed by atoms with Gasteiger partial charge in [-0.25, -0.2) is 4.79 Å². The van der Waals surface area contributed by atoms with Gasteiger partial charge in [-0.15, -0.1) is 0 Å². The van der Waals surface area contributed by atoms with Gasteiger partial charge in [0.05, 0.1) is 5.69 Å². The van der Waals surface area contributed by atoms with Gasteiger partial charge < -0.3 is 9.67 Å². The topological polar surface area (TPSA) is 59.3 Å². The number of Topliss-reactive ketones (excluding diaryl/α,β-unsaturated/α-hetero) is 1. The molecule has 0 fully saturated rings. The summed E-state index contributed by atoms with van der Waals surface area (Å²) in [7, 11) is 0. The van der Waals surface area contributed by atoms with E-state index in [4.69, 9.17) is 11.6 Å². The number of nitrogens with zero attached hydrogens (tertiary/aromatic N) is 1. The number of halogens is 2. The number of ketones is 1. The molecule has 19 heavy (non-hydrogen) atoms. The molecule has 1 heterocycles. The van der Waals surface area contributed by atoms with Crippen LogP contribution in [0.15, 0.2) is 34.9 Å². The lowest BCUT2D eigenvalue weighted by Crippen LogP contribution is -2.06. The lowest BCUT2D eigenvalue weighted by Gasteiger charge is -2.09. The monoisotopic (exact) mass is 341 g/mol. The lowest BCUT2D eigenvalue weighted by molar-refractivity contribution is 0.0688. The number of carboxylic acid groups (broad SMARTS) is 1. The third-order valence-electron chi connectivity index (χ3n) is 2.61. The minimum atomic E-state index is -1.11. The Morgan fingerprint density at radius 2 is 2.00 bits per heavy atom. The molecule has 2 aromatic rings. The standard InChI is InChI=1S/C13H9BrClNO3/c1-7(17)8-4-12(13(18)19)16(6-8)11-5-9(15)2-3-10(11)14/h2-6H,1H3,(H,18,19). The van der Waals surface area contributed by atoms with E-state index < -0.39 is 5.97 Å². The Hall–Kier alpha value is -1.59. The minimum Gasteiger partial charge on any atom is -0.477 e. The van der Waals surface area contributed by atoms with Crippen molar-refractivity contribution in [2.45, 2.75) is 6.92 Å². The quantitative estimate of drug-likeness (QED) is 0.863. The van der Waals surface area contributed by atoms with Gasteiger partial charge in [-0.1, -0.05) is 11.6 Å². The van der Waals surface area contributed by atoms with Crippen molar-refractivity contribution in [1.29, 1.82) is 0 Å². The van der Waals surface area contributed by atoms with Crippen LogP contribution in [0.3, 0.4) is 0 Å². The van der Waals surface area contributed by atoms with Crippen molar-refractivity contribution in [3.8, 4) is 5.69 Å². The minimum absolute atomic E-state index is 0.00756. The average Bonchev–Trinajstić information content (AvgIpc) is 2.77. The molecule has 1 N–H and O–H groups in total. The van der Waals surface area contributed by atoms with Gasteiger partial charge in [0.1, 0.15) is 5.69 Å². The molecule has 0 saturated carbocycles. The van der Waals surface area contributed by atoms with Crippen molar-refractivity contribution < 1.29 is 14.7 Å². The van der Waals surface area contributed by atoms with E-state index in [0.29, 0.717) is 20.7 Å². The van der Waals surface area contributed by atoms with Gasteiger partial charge in [-0.2, -0.15) is 0 Å². The fourth-order valence-corrected chi connectivity index (χ4v) is 2.29. The van der Waals surface area contributed by atoms with Crippen LogP contribution < -0.4 is 0 Å². The first-order valence-corrected chi connectivity index (χ1v) is 6.49. The molecule has 0 radical (unpaired) electrons. The summed E-state index contributed by atoms with van der Waals surface area (Å²) >= 11 is 9.26. The highest BCUT2D eigenvalue weighted by Crippen LogP contribution is 2.27. The first-order chi connectivity index (χ1) is 8.90. The highest BCUT2D eigenvalue weighted by molar-refractivity contribution is 9.10. The van der Waals surface area contributed by atoms with E-state index in [-0.39, 0.29) is 11.5 Å². The third kappa shape index (κ3) is 2.72. The third-order valence-corrected chi connectivity index (χ3v) is 3.52.